The van der Waals surface area contributed by atoms with Crippen molar-refractivity contribution in [1.29, 1.82) is 0 Å². The van der Waals surface area contributed by atoms with Crippen molar-refractivity contribution in [3.63, 3.8) is 0 Å². The van der Waals surface area contributed by atoms with Crippen molar-refractivity contribution in [2.75, 3.05) is 14.2 Å². The molecular weight excluding hydrogens is 416 g/mol. The quantitative estimate of drug-likeness (QED) is 0.429. The minimum Gasteiger partial charge on any atom is -0.493 e. The number of rotatable bonds is 5. The molecule has 0 bridgehead atoms. The van der Waals surface area contributed by atoms with Gasteiger partial charge in [0, 0.05) is 24.2 Å². The zero-order chi connectivity index (χ0) is 23.1. The van der Waals surface area contributed by atoms with E-state index in [1.165, 1.54) is 5.56 Å². The number of ether oxygens (including phenoxy) is 2. The SMILES string of the molecule is COc1ccc(-n2c(=O)n(C)c3cc(-c4[nH]cnc4-c4cccc(C)c4)ccc32)cc1OC. The van der Waals surface area contributed by atoms with E-state index in [0.717, 1.165) is 33.5 Å². The van der Waals surface area contributed by atoms with E-state index >= 15 is 0 Å². The lowest BCUT2D eigenvalue weighted by Gasteiger charge is -2.10. The van der Waals surface area contributed by atoms with Gasteiger partial charge in [0.2, 0.25) is 0 Å². The van der Waals surface area contributed by atoms with Crippen LogP contribution >= 0.6 is 0 Å². The molecule has 5 aromatic rings. The Morgan fingerprint density at radius 3 is 2.45 bits per heavy atom. The van der Waals surface area contributed by atoms with Crippen molar-refractivity contribution in [3.8, 4) is 39.7 Å². The summed E-state index contributed by atoms with van der Waals surface area (Å²) >= 11 is 0. The topological polar surface area (TPSA) is 74.1 Å². The van der Waals surface area contributed by atoms with E-state index in [-0.39, 0.29) is 5.69 Å². The van der Waals surface area contributed by atoms with Crippen LogP contribution in [-0.4, -0.2) is 33.3 Å². The number of methoxy groups -OCH3 is 2. The van der Waals surface area contributed by atoms with E-state index in [0.29, 0.717) is 17.2 Å². The zero-order valence-corrected chi connectivity index (χ0v) is 18.9. The predicted molar refractivity (Wildman–Crippen MR) is 129 cm³/mol. The van der Waals surface area contributed by atoms with Gasteiger partial charge in [0.1, 0.15) is 0 Å². The number of nitrogens with zero attached hydrogens (tertiary/aromatic N) is 3. The molecule has 7 nitrogen and oxygen atoms in total. The average Bonchev–Trinajstić information content (AvgIpc) is 3.42. The number of imidazole rings is 2. The third-order valence-electron chi connectivity index (χ3n) is 5.90. The Bertz CT molecular complexity index is 1540. The smallest absolute Gasteiger partial charge is 0.333 e. The van der Waals surface area contributed by atoms with Gasteiger partial charge < -0.3 is 14.5 Å². The summed E-state index contributed by atoms with van der Waals surface area (Å²) in [6, 6.07) is 19.7. The molecule has 0 fully saturated rings. The zero-order valence-electron chi connectivity index (χ0n) is 18.9. The molecule has 33 heavy (non-hydrogen) atoms. The van der Waals surface area contributed by atoms with Gasteiger partial charge in [-0.2, -0.15) is 0 Å². The maximum Gasteiger partial charge on any atom is 0.333 e. The van der Waals surface area contributed by atoms with E-state index < -0.39 is 0 Å². The van der Waals surface area contributed by atoms with Gasteiger partial charge in [-0.25, -0.2) is 9.78 Å². The summed E-state index contributed by atoms with van der Waals surface area (Å²) in [5.74, 6) is 1.18. The molecule has 0 aliphatic rings. The molecule has 0 amide bonds. The largest absolute Gasteiger partial charge is 0.493 e. The number of H-pyrrole nitrogens is 1. The third kappa shape index (κ3) is 3.38. The third-order valence-corrected chi connectivity index (χ3v) is 5.90. The Morgan fingerprint density at radius 1 is 0.879 bits per heavy atom. The predicted octanol–water partition coefficient (Wildman–Crippen LogP) is 4.71. The first-order valence-corrected chi connectivity index (χ1v) is 10.6. The van der Waals surface area contributed by atoms with Crippen LogP contribution in [0.5, 0.6) is 11.5 Å². The van der Waals surface area contributed by atoms with Crippen LogP contribution in [0.2, 0.25) is 0 Å². The molecule has 0 atom stereocenters. The van der Waals surface area contributed by atoms with Gasteiger partial charge in [0.15, 0.2) is 11.5 Å². The highest BCUT2D eigenvalue weighted by molar-refractivity contribution is 5.87. The van der Waals surface area contributed by atoms with Crippen molar-refractivity contribution < 1.29 is 9.47 Å². The number of aromatic nitrogens is 4. The van der Waals surface area contributed by atoms with Gasteiger partial charge >= 0.3 is 5.69 Å². The first-order chi connectivity index (χ1) is 16.0. The second-order valence-corrected chi connectivity index (χ2v) is 7.92. The number of hydrogen-bond acceptors (Lipinski definition) is 4. The lowest BCUT2D eigenvalue weighted by atomic mass is 10.0. The van der Waals surface area contributed by atoms with Crippen molar-refractivity contribution in [1.82, 2.24) is 19.1 Å². The Kier molecular flexibility index (Phi) is 5.01. The fourth-order valence-electron chi connectivity index (χ4n) is 4.23. The van der Waals surface area contributed by atoms with Crippen molar-refractivity contribution in [3.05, 3.63) is 83.0 Å². The van der Waals surface area contributed by atoms with Crippen molar-refractivity contribution in [2.24, 2.45) is 7.05 Å². The monoisotopic (exact) mass is 440 g/mol. The lowest BCUT2D eigenvalue weighted by molar-refractivity contribution is 0.355. The van der Waals surface area contributed by atoms with Crippen LogP contribution in [0.4, 0.5) is 0 Å². The molecule has 7 heteroatoms. The van der Waals surface area contributed by atoms with Crippen LogP contribution in [0, 0.1) is 6.92 Å². The highest BCUT2D eigenvalue weighted by atomic mass is 16.5. The fourth-order valence-corrected chi connectivity index (χ4v) is 4.23. The summed E-state index contributed by atoms with van der Waals surface area (Å²) in [7, 11) is 4.94. The molecule has 0 aliphatic carbocycles. The maximum absolute atomic E-state index is 13.2. The van der Waals surface area contributed by atoms with E-state index in [2.05, 4.69) is 35.1 Å². The van der Waals surface area contributed by atoms with E-state index in [9.17, 15) is 4.79 Å². The maximum atomic E-state index is 13.2. The molecule has 2 aromatic heterocycles. The molecule has 5 rings (SSSR count). The molecule has 0 saturated carbocycles. The van der Waals surface area contributed by atoms with Gasteiger partial charge in [-0.05, 0) is 37.3 Å². The molecule has 0 radical (unpaired) electrons. The van der Waals surface area contributed by atoms with Crippen LogP contribution in [0.3, 0.4) is 0 Å². The van der Waals surface area contributed by atoms with E-state index in [1.807, 2.05) is 30.3 Å². The lowest BCUT2D eigenvalue weighted by Crippen LogP contribution is -2.20. The highest BCUT2D eigenvalue weighted by Gasteiger charge is 2.17. The Labute approximate surface area is 190 Å². The second kappa shape index (κ2) is 8.02. The first-order valence-electron chi connectivity index (χ1n) is 10.6. The normalized spacial score (nSPS) is 11.2. The van der Waals surface area contributed by atoms with E-state index in [1.54, 1.807) is 48.9 Å². The molecule has 0 unspecified atom stereocenters. The van der Waals surface area contributed by atoms with Crippen LogP contribution in [0.1, 0.15) is 5.56 Å². The van der Waals surface area contributed by atoms with Gasteiger partial charge in [0.25, 0.3) is 0 Å². The Balaban J connectivity index is 1.66. The summed E-state index contributed by atoms with van der Waals surface area (Å²) in [4.78, 5) is 21.0. The van der Waals surface area contributed by atoms with E-state index in [4.69, 9.17) is 9.47 Å². The fraction of sp³-hybridized carbons (Fsp3) is 0.154. The Hall–Kier alpha value is -4.26. The van der Waals surface area contributed by atoms with Crippen LogP contribution < -0.4 is 15.2 Å². The molecule has 0 spiro atoms. The first kappa shape index (κ1) is 20.6. The number of fused-ring (bicyclic) bond motifs is 1. The minimum absolute atomic E-state index is 0.141. The average molecular weight is 441 g/mol. The molecule has 166 valence electrons. The van der Waals surface area contributed by atoms with Crippen molar-refractivity contribution >= 4 is 11.0 Å². The second-order valence-electron chi connectivity index (χ2n) is 7.92. The standard InChI is InChI=1S/C26H24N4O3/c1-16-6-5-7-17(12-16)24-25(28-15-27-24)18-8-10-20-21(13-18)29(2)26(31)30(20)19-9-11-22(32-3)23(14-19)33-4/h5-15H,1-4H3,(H,27,28). The number of nitrogens with one attached hydrogen (secondary N) is 1. The number of benzene rings is 3. The molecule has 3 aromatic carbocycles. The van der Waals surface area contributed by atoms with Crippen LogP contribution in [0.25, 0.3) is 39.2 Å². The molecule has 0 aliphatic heterocycles. The van der Waals surface area contributed by atoms with Gasteiger partial charge in [-0.3, -0.25) is 9.13 Å². The minimum atomic E-state index is -0.141. The number of hydrogen-bond donors (Lipinski definition) is 1. The van der Waals surface area contributed by atoms with Gasteiger partial charge in [0.05, 0.1) is 48.7 Å². The van der Waals surface area contributed by atoms with Crippen LogP contribution in [-0.2, 0) is 7.05 Å². The summed E-state index contributed by atoms with van der Waals surface area (Å²) in [5, 5.41) is 0. The summed E-state index contributed by atoms with van der Waals surface area (Å²) in [5.41, 5.74) is 7.14. The molecule has 1 N–H and O–H groups in total. The summed E-state index contributed by atoms with van der Waals surface area (Å²) < 4.78 is 14.1. The Morgan fingerprint density at radius 2 is 1.70 bits per heavy atom. The highest BCUT2D eigenvalue weighted by Crippen LogP contribution is 2.33. The number of aryl methyl sites for hydroxylation is 2. The number of aromatic amines is 1. The molecule has 0 saturated heterocycles. The molecular formula is C26H24N4O3. The molecule has 2 heterocycles. The summed E-state index contributed by atoms with van der Waals surface area (Å²) in [6.45, 7) is 2.06. The summed E-state index contributed by atoms with van der Waals surface area (Å²) in [6.07, 6.45) is 1.70. The van der Waals surface area contributed by atoms with Crippen LogP contribution in [0.15, 0.2) is 71.8 Å². The van der Waals surface area contributed by atoms with Crippen molar-refractivity contribution in [2.45, 2.75) is 6.92 Å². The van der Waals surface area contributed by atoms with Gasteiger partial charge in [-0.15, -0.1) is 0 Å². The van der Waals surface area contributed by atoms with Gasteiger partial charge in [-0.1, -0.05) is 29.8 Å².